The average molecular weight is 916 g/mol. The molecule has 0 aliphatic rings. The smallest absolute Gasteiger partial charge is 0.0547 e. The highest BCUT2D eigenvalue weighted by atomic mass is 32.1. The molecule has 0 bridgehead atoms. The van der Waals surface area contributed by atoms with Crippen LogP contribution in [0.1, 0.15) is 0 Å². The molecule has 3 aromatic heterocycles. The molecule has 0 fully saturated rings. The Morgan fingerprint density at radius 1 is 0.261 bits per heavy atom. The molecule has 14 aromatic rings. The summed E-state index contributed by atoms with van der Waals surface area (Å²) in [5.74, 6) is 0. The van der Waals surface area contributed by atoms with Gasteiger partial charge in [0.2, 0.25) is 0 Å². The van der Waals surface area contributed by atoms with Crippen LogP contribution in [0.15, 0.2) is 249 Å². The molecule has 69 heavy (non-hydrogen) atoms. The SMILES string of the molecule is c1ccc(N(c2ccccc2)c2cc(-c3ccc4c5cc6ccccc6cc5n(-c5ccccc5)c4c3)cc(N(c3ccc4c(c3)sc3ccccc34)c3ccc4c(c3)sc3ccccc34)c2)cc1. The number of benzene rings is 11. The molecule has 3 nitrogen and oxygen atoms in total. The zero-order valence-electron chi connectivity index (χ0n) is 37.3. The molecule has 0 spiro atoms. The molecule has 3 heterocycles. The van der Waals surface area contributed by atoms with E-state index in [4.69, 9.17) is 0 Å². The van der Waals surface area contributed by atoms with E-state index in [9.17, 15) is 0 Å². The zero-order chi connectivity index (χ0) is 45.4. The van der Waals surface area contributed by atoms with Crippen LogP contribution in [0.3, 0.4) is 0 Å². The van der Waals surface area contributed by atoms with Crippen LogP contribution < -0.4 is 9.80 Å². The number of para-hydroxylation sites is 3. The van der Waals surface area contributed by atoms with Gasteiger partial charge in [0.15, 0.2) is 0 Å². The molecule has 5 heteroatoms. The van der Waals surface area contributed by atoms with Gasteiger partial charge in [-0.15, -0.1) is 22.7 Å². The van der Waals surface area contributed by atoms with E-state index in [-0.39, 0.29) is 0 Å². The van der Waals surface area contributed by atoms with Crippen molar-refractivity contribution in [3.63, 3.8) is 0 Å². The van der Waals surface area contributed by atoms with E-state index in [1.807, 2.05) is 22.7 Å². The highest BCUT2D eigenvalue weighted by molar-refractivity contribution is 7.26. The fraction of sp³-hybridized carbons (Fsp3) is 0. The van der Waals surface area contributed by atoms with Crippen LogP contribution in [0, 0.1) is 0 Å². The van der Waals surface area contributed by atoms with E-state index in [0.29, 0.717) is 0 Å². The number of aromatic nitrogens is 1. The van der Waals surface area contributed by atoms with Gasteiger partial charge in [-0.25, -0.2) is 0 Å². The summed E-state index contributed by atoms with van der Waals surface area (Å²) in [4.78, 5) is 4.86. The normalized spacial score (nSPS) is 11.8. The van der Waals surface area contributed by atoms with Crippen LogP contribution in [0.2, 0.25) is 0 Å². The monoisotopic (exact) mass is 915 g/mol. The molecule has 324 valence electrons. The fourth-order valence-electron chi connectivity index (χ4n) is 10.5. The number of thiophene rings is 2. The Bertz CT molecular complexity index is 4110. The largest absolute Gasteiger partial charge is 0.310 e. The molecule has 0 aliphatic heterocycles. The van der Waals surface area contributed by atoms with E-state index >= 15 is 0 Å². The third-order valence-corrected chi connectivity index (χ3v) is 15.9. The highest BCUT2D eigenvalue weighted by Crippen LogP contribution is 2.47. The summed E-state index contributed by atoms with van der Waals surface area (Å²) in [7, 11) is 0. The van der Waals surface area contributed by atoms with Crippen molar-refractivity contribution < 1.29 is 0 Å². The summed E-state index contributed by atoms with van der Waals surface area (Å²) >= 11 is 3.72. The van der Waals surface area contributed by atoms with Crippen LogP contribution in [0.25, 0.3) is 89.7 Å². The second-order valence-corrected chi connectivity index (χ2v) is 19.9. The third-order valence-electron chi connectivity index (χ3n) is 13.7. The van der Waals surface area contributed by atoms with Crippen molar-refractivity contribution in [1.82, 2.24) is 4.57 Å². The number of rotatable bonds is 8. The molecular formula is C64H41N3S2. The molecule has 0 saturated carbocycles. The maximum Gasteiger partial charge on any atom is 0.0547 e. The number of nitrogens with zero attached hydrogens (tertiary/aromatic N) is 3. The summed E-state index contributed by atoms with van der Waals surface area (Å²) in [5, 5.41) is 10.1. The summed E-state index contributed by atoms with van der Waals surface area (Å²) < 4.78 is 7.56. The van der Waals surface area contributed by atoms with Crippen LogP contribution in [-0.2, 0) is 0 Å². The van der Waals surface area contributed by atoms with Crippen LogP contribution in [0.5, 0.6) is 0 Å². The Morgan fingerprint density at radius 3 is 1.32 bits per heavy atom. The van der Waals surface area contributed by atoms with Gasteiger partial charge < -0.3 is 14.4 Å². The Kier molecular flexibility index (Phi) is 9.26. The van der Waals surface area contributed by atoms with Crippen LogP contribution >= 0.6 is 22.7 Å². The zero-order valence-corrected chi connectivity index (χ0v) is 39.0. The van der Waals surface area contributed by atoms with E-state index in [0.717, 1.165) is 50.9 Å². The van der Waals surface area contributed by atoms with Gasteiger partial charge >= 0.3 is 0 Å². The molecule has 0 radical (unpaired) electrons. The first-order valence-corrected chi connectivity index (χ1v) is 25.0. The van der Waals surface area contributed by atoms with Gasteiger partial charge in [-0.3, -0.25) is 0 Å². The average Bonchev–Trinajstić information content (AvgIpc) is 4.07. The van der Waals surface area contributed by atoms with Gasteiger partial charge in [0.25, 0.3) is 0 Å². The van der Waals surface area contributed by atoms with Gasteiger partial charge in [0.05, 0.1) is 11.0 Å². The summed E-state index contributed by atoms with van der Waals surface area (Å²) in [6.07, 6.45) is 0. The number of fused-ring (bicyclic) bond motifs is 10. The fourth-order valence-corrected chi connectivity index (χ4v) is 12.8. The topological polar surface area (TPSA) is 11.4 Å². The van der Waals surface area contributed by atoms with Gasteiger partial charge in [0, 0.05) is 90.9 Å². The standard InChI is InChI=1S/C64H41N3S2/c1-4-18-46(19-5-1)65(47-20-6-2-7-21-47)51-34-45(44-28-31-53-58-36-42-16-10-11-17-43(42)37-60(58)67(59(53)38-44)48-22-8-3-9-23-48)35-52(39-51)66(49-29-32-56-54-24-12-14-26-61(54)68-63(56)40-49)50-30-33-57-55-25-13-15-27-62(55)69-64(57)41-50/h1-41H. The molecule has 0 saturated heterocycles. The van der Waals surface area contributed by atoms with Crippen molar-refractivity contribution in [1.29, 1.82) is 0 Å². The lowest BCUT2D eigenvalue weighted by molar-refractivity contribution is 1.18. The lowest BCUT2D eigenvalue weighted by Gasteiger charge is -2.30. The molecule has 0 atom stereocenters. The molecule has 0 amide bonds. The summed E-state index contributed by atoms with van der Waals surface area (Å²) in [6.45, 7) is 0. The molecular weight excluding hydrogens is 875 g/mol. The minimum Gasteiger partial charge on any atom is -0.310 e. The molecule has 14 rings (SSSR count). The Morgan fingerprint density at radius 2 is 0.725 bits per heavy atom. The maximum absolute atomic E-state index is 2.47. The second-order valence-electron chi connectivity index (χ2n) is 17.8. The molecule has 0 N–H and O–H groups in total. The van der Waals surface area contributed by atoms with E-state index in [2.05, 4.69) is 263 Å². The van der Waals surface area contributed by atoms with Crippen molar-refractivity contribution in [3.8, 4) is 16.8 Å². The Hall–Kier alpha value is -8.48. The van der Waals surface area contributed by atoms with Gasteiger partial charge in [0.1, 0.15) is 0 Å². The lowest BCUT2D eigenvalue weighted by atomic mass is 10.00. The minimum atomic E-state index is 1.06. The molecule has 11 aromatic carbocycles. The van der Waals surface area contributed by atoms with Crippen LogP contribution in [-0.4, -0.2) is 4.57 Å². The molecule has 0 aliphatic carbocycles. The minimum absolute atomic E-state index is 1.06. The first kappa shape index (κ1) is 39.7. The second kappa shape index (κ2) is 16.1. The lowest BCUT2D eigenvalue weighted by Crippen LogP contribution is -2.13. The van der Waals surface area contributed by atoms with E-state index in [1.165, 1.54) is 72.9 Å². The maximum atomic E-state index is 2.47. The predicted octanol–water partition coefficient (Wildman–Crippen LogP) is 19.3. The van der Waals surface area contributed by atoms with E-state index in [1.54, 1.807) is 0 Å². The quantitative estimate of drug-likeness (QED) is 0.150. The summed E-state index contributed by atoms with van der Waals surface area (Å²) in [6, 6.07) is 91.5. The number of hydrogen-bond acceptors (Lipinski definition) is 4. The van der Waals surface area contributed by atoms with Crippen molar-refractivity contribution >= 4 is 130 Å². The predicted molar refractivity (Wildman–Crippen MR) is 299 cm³/mol. The van der Waals surface area contributed by atoms with Crippen molar-refractivity contribution in [2.24, 2.45) is 0 Å². The number of anilines is 6. The first-order chi connectivity index (χ1) is 34.2. The van der Waals surface area contributed by atoms with Crippen molar-refractivity contribution in [3.05, 3.63) is 249 Å². The summed E-state index contributed by atoms with van der Waals surface area (Å²) in [5.41, 5.74) is 12.3. The first-order valence-electron chi connectivity index (χ1n) is 23.4. The highest BCUT2D eigenvalue weighted by Gasteiger charge is 2.22. The van der Waals surface area contributed by atoms with Crippen LogP contribution in [0.4, 0.5) is 34.1 Å². The van der Waals surface area contributed by atoms with E-state index < -0.39 is 0 Å². The number of hydrogen-bond donors (Lipinski definition) is 0. The van der Waals surface area contributed by atoms with Gasteiger partial charge in [-0.2, -0.15) is 0 Å². The Balaban J connectivity index is 1.05. The van der Waals surface area contributed by atoms with Gasteiger partial charge in [-0.05, 0) is 131 Å². The van der Waals surface area contributed by atoms with Crippen molar-refractivity contribution in [2.45, 2.75) is 0 Å². The van der Waals surface area contributed by atoms with Gasteiger partial charge in [-0.1, -0.05) is 140 Å². The molecule has 0 unspecified atom stereocenters. The third kappa shape index (κ3) is 6.69. The Labute approximate surface area is 407 Å². The van der Waals surface area contributed by atoms with Crippen molar-refractivity contribution in [2.75, 3.05) is 9.80 Å².